The Labute approximate surface area is 346 Å². The summed E-state index contributed by atoms with van der Waals surface area (Å²) in [4.78, 5) is 13.2. The monoisotopic (exact) mass is 844 g/mol. The molecule has 300 valence electrons. The molecule has 1 aromatic heterocycles. The summed E-state index contributed by atoms with van der Waals surface area (Å²) >= 11 is 1.66. The summed E-state index contributed by atoms with van der Waals surface area (Å²) in [6.45, 7) is 5.35. The predicted octanol–water partition coefficient (Wildman–Crippen LogP) is 8.37. The fraction of sp³-hybridized carbons (Fsp3) is 0.217. The molecule has 0 radical (unpaired) electrons. The first-order valence-electron chi connectivity index (χ1n) is 19.6. The first-order valence-corrected chi connectivity index (χ1v) is 23.2. The van der Waals surface area contributed by atoms with E-state index < -0.39 is 26.2 Å². The third-order valence-electron chi connectivity index (χ3n) is 12.0. The van der Waals surface area contributed by atoms with Crippen LogP contribution < -0.4 is 5.35 Å². The van der Waals surface area contributed by atoms with E-state index >= 15 is 0 Å². The lowest BCUT2D eigenvalue weighted by Gasteiger charge is -2.27. The number of nitrogens with zero attached hydrogens (tertiary/aromatic N) is 2. The van der Waals surface area contributed by atoms with Gasteiger partial charge in [-0.15, -0.1) is 0 Å². The minimum atomic E-state index is -4.70. The van der Waals surface area contributed by atoms with Crippen LogP contribution >= 0.6 is 11.8 Å². The Hall–Kier alpha value is -5.31. The van der Waals surface area contributed by atoms with Crippen molar-refractivity contribution in [3.05, 3.63) is 136 Å². The van der Waals surface area contributed by atoms with E-state index in [1.165, 1.54) is 23.3 Å². The molecule has 2 bridgehead atoms. The van der Waals surface area contributed by atoms with E-state index in [1.807, 2.05) is 49.4 Å². The lowest BCUT2D eigenvalue weighted by Crippen LogP contribution is -2.16. The minimum absolute atomic E-state index is 0.0662. The highest BCUT2D eigenvalue weighted by atomic mass is 32.2. The highest BCUT2D eigenvalue weighted by Crippen LogP contribution is 2.53. The van der Waals surface area contributed by atoms with Crippen LogP contribution in [0, 0.1) is 11.8 Å². The smallest absolute Gasteiger partial charge is 0.307 e. The van der Waals surface area contributed by atoms with Crippen LogP contribution in [0.15, 0.2) is 134 Å². The maximum atomic E-state index is 12.4. The van der Waals surface area contributed by atoms with Crippen LogP contribution in [0.25, 0.3) is 38.5 Å². The molecule has 1 saturated carbocycles. The first-order chi connectivity index (χ1) is 28.3. The highest BCUT2D eigenvalue weighted by Gasteiger charge is 2.38. The Balaban J connectivity index is 1.23. The number of aromatic nitrogens is 1. The van der Waals surface area contributed by atoms with Crippen LogP contribution in [0.1, 0.15) is 44.2 Å². The van der Waals surface area contributed by atoms with Crippen molar-refractivity contribution < 1.29 is 40.4 Å². The lowest BCUT2D eigenvalue weighted by molar-refractivity contribution is -0.430. The zero-order valence-corrected chi connectivity index (χ0v) is 34.7. The maximum Gasteiger partial charge on any atom is 0.307 e. The van der Waals surface area contributed by atoms with Crippen molar-refractivity contribution in [3.63, 3.8) is 0 Å². The van der Waals surface area contributed by atoms with Crippen molar-refractivity contribution in [1.29, 1.82) is 0 Å². The third kappa shape index (κ3) is 6.74. The summed E-state index contributed by atoms with van der Waals surface area (Å²) in [6.07, 6.45) is 11.5. The number of carboxylic acids is 1. The number of benzene rings is 5. The number of allylic oxidation sites excluding steroid dienone is 5. The Morgan fingerprint density at radius 3 is 2.24 bits per heavy atom. The number of rotatable bonds is 11. The van der Waals surface area contributed by atoms with Gasteiger partial charge in [-0.05, 0) is 104 Å². The van der Waals surface area contributed by atoms with E-state index in [2.05, 4.69) is 40.4 Å². The molecule has 3 aliphatic rings. The molecule has 6 aromatic rings. The molecule has 59 heavy (non-hydrogen) atoms. The topological polar surface area (TPSA) is 157 Å². The summed E-state index contributed by atoms with van der Waals surface area (Å²) in [5, 5.41) is 13.6. The van der Waals surface area contributed by atoms with Crippen LogP contribution in [-0.4, -0.2) is 58.4 Å². The van der Waals surface area contributed by atoms with Gasteiger partial charge >= 0.3 is 5.97 Å². The average Bonchev–Trinajstić information content (AvgIpc) is 3.86. The van der Waals surface area contributed by atoms with Gasteiger partial charge in [0.1, 0.15) is 21.6 Å². The molecule has 0 amide bonds. The molecule has 2 atom stereocenters. The minimum Gasteiger partial charge on any atom is -0.744 e. The molecule has 10 nitrogen and oxygen atoms in total. The van der Waals surface area contributed by atoms with Crippen LogP contribution in [0.5, 0.6) is 0 Å². The normalized spacial score (nSPS) is 19.3. The molecule has 2 N–H and O–H groups in total. The molecule has 5 aromatic carbocycles. The average molecular weight is 845 g/mol. The Morgan fingerprint density at radius 2 is 1.54 bits per heavy atom. The number of thioether (sulfide) groups is 1. The van der Waals surface area contributed by atoms with Gasteiger partial charge in [-0.2, -0.15) is 13.0 Å². The largest absolute Gasteiger partial charge is 0.744 e. The van der Waals surface area contributed by atoms with Gasteiger partial charge in [0, 0.05) is 60.9 Å². The van der Waals surface area contributed by atoms with E-state index in [9.17, 15) is 35.8 Å². The molecule has 0 spiro atoms. The number of hydrogen-bond acceptors (Lipinski definition) is 7. The van der Waals surface area contributed by atoms with Crippen molar-refractivity contribution in [1.82, 2.24) is 4.57 Å². The molecule has 13 heteroatoms. The molecule has 2 unspecified atom stereocenters. The fourth-order valence-electron chi connectivity index (χ4n) is 9.56. The summed E-state index contributed by atoms with van der Waals surface area (Å²) in [7, 11) is -9.15. The molecule has 1 fully saturated rings. The van der Waals surface area contributed by atoms with E-state index in [0.717, 1.165) is 73.1 Å². The Bertz CT molecular complexity index is 3190. The highest BCUT2D eigenvalue weighted by molar-refractivity contribution is 8.03. The molecule has 9 rings (SSSR count). The number of hydrogen-bond donors (Lipinski definition) is 2. The molecule has 0 saturated heterocycles. The van der Waals surface area contributed by atoms with E-state index in [-0.39, 0.29) is 22.1 Å². The zero-order chi connectivity index (χ0) is 41.4. The summed E-state index contributed by atoms with van der Waals surface area (Å²) < 4.78 is 75.9. The Kier molecular flexibility index (Phi) is 9.79. The van der Waals surface area contributed by atoms with Gasteiger partial charge in [0.2, 0.25) is 11.4 Å². The fourth-order valence-corrected chi connectivity index (χ4v) is 12.1. The van der Waals surface area contributed by atoms with Gasteiger partial charge in [0.05, 0.1) is 22.3 Å². The van der Waals surface area contributed by atoms with Crippen molar-refractivity contribution in [2.45, 2.75) is 60.8 Å². The standard InChI is InChI=1S/C46H40N2O8S3/c1-3-47-37(33-7-5-9-35-41(58(51,52)53)23-21-39(47)44(33)35)19-17-31-28-13-14-29(26-28)32(46(31)57-30-15-11-27(12-16-30)25-43(49)50)18-20-38-34-8-6-10-36-42(59(54,55)56)24-22-40(45(34)36)48(38)4-2/h5-12,15-24,28-29H,3-4,13-14,25-26H2,1-2H3,(H2-,49,50,51,52,53,54,55,56). The summed E-state index contributed by atoms with van der Waals surface area (Å²) in [5.74, 6) is -0.310. The second-order valence-corrected chi connectivity index (χ2v) is 19.1. The van der Waals surface area contributed by atoms with Crippen LogP contribution in [0.2, 0.25) is 0 Å². The second kappa shape index (κ2) is 14.8. The Morgan fingerprint density at radius 1 is 0.847 bits per heavy atom. The lowest BCUT2D eigenvalue weighted by atomic mass is 9.84. The number of carboxylic acid groups (broad SMARTS) is 1. The molecule has 1 aliphatic heterocycles. The van der Waals surface area contributed by atoms with Gasteiger partial charge in [0.15, 0.2) is 0 Å². The predicted molar refractivity (Wildman–Crippen MR) is 230 cm³/mol. The van der Waals surface area contributed by atoms with Crippen molar-refractivity contribution >= 4 is 87.9 Å². The summed E-state index contributed by atoms with van der Waals surface area (Å²) in [5.41, 5.74) is 6.57. The van der Waals surface area contributed by atoms with Gasteiger partial charge in [-0.1, -0.05) is 66.4 Å². The van der Waals surface area contributed by atoms with Crippen molar-refractivity contribution in [2.24, 2.45) is 11.8 Å². The van der Waals surface area contributed by atoms with Crippen LogP contribution in [0.3, 0.4) is 0 Å². The molecule has 2 heterocycles. The van der Waals surface area contributed by atoms with Gasteiger partial charge < -0.3 is 14.2 Å². The second-order valence-electron chi connectivity index (χ2n) is 15.2. The quantitative estimate of drug-likeness (QED) is 0.0966. The first kappa shape index (κ1) is 39.2. The molecule has 2 aliphatic carbocycles. The van der Waals surface area contributed by atoms with E-state index in [0.29, 0.717) is 35.3 Å². The number of fused-ring (bicyclic) bond motifs is 2. The van der Waals surface area contributed by atoms with E-state index in [4.69, 9.17) is 0 Å². The van der Waals surface area contributed by atoms with Gasteiger partial charge in [0.25, 0.3) is 10.1 Å². The van der Waals surface area contributed by atoms with Gasteiger partial charge in [-0.3, -0.25) is 9.35 Å². The third-order valence-corrected chi connectivity index (χ3v) is 15.0. The SMILES string of the molecule is CCn1/c(=C/C=C2C(Sc3ccc(CC(=O)O)cc3)=C(/C=C/C3=[N+](CC)c4ccc(S(=O)(=O)[O-])c5cccc3c45)C3CCC/2C3)c2cccc3c(S(=O)(=O)O)ccc1c32. The summed E-state index contributed by atoms with van der Waals surface area (Å²) in [6, 6.07) is 25.0. The van der Waals surface area contributed by atoms with Crippen molar-refractivity contribution in [3.8, 4) is 0 Å². The van der Waals surface area contributed by atoms with Crippen molar-refractivity contribution in [2.75, 3.05) is 6.54 Å². The number of carbonyl (C=O) groups is 1. The number of aliphatic carboxylic acids is 1. The van der Waals surface area contributed by atoms with Gasteiger partial charge in [-0.25, -0.2) is 8.42 Å². The maximum absolute atomic E-state index is 12.4. The molecular formula is C46H40N2O8S3. The zero-order valence-electron chi connectivity index (χ0n) is 32.3. The van der Waals surface area contributed by atoms with Crippen LogP contribution in [-0.2, 0) is 38.0 Å². The van der Waals surface area contributed by atoms with E-state index in [1.54, 1.807) is 42.1 Å². The number of aryl methyl sites for hydroxylation is 1. The van der Waals surface area contributed by atoms with Crippen LogP contribution in [0.4, 0.5) is 5.69 Å². The molecular weight excluding hydrogens is 805 g/mol.